The quantitative estimate of drug-likeness (QED) is 0.156. The first-order valence-electron chi connectivity index (χ1n) is 23.3. The monoisotopic (exact) mass is 855 g/mol. The number of aliphatic hydroxyl groups excluding tert-OH is 1. The van der Waals surface area contributed by atoms with Gasteiger partial charge in [-0.1, -0.05) is 69.3 Å². The molecule has 1 heterocycles. The summed E-state index contributed by atoms with van der Waals surface area (Å²) < 4.78 is 90.9. The lowest BCUT2D eigenvalue weighted by molar-refractivity contribution is -0.348. The molecular formula is C46H59NO14. The maximum Gasteiger partial charge on any atom is 0.408 e. The number of nitrogens with one attached hydrogen (secondary N) is 1. The molecule has 6 rings (SSSR count). The number of carbonyl (C=O) groups excluding carboxylic acids is 5. The van der Waals surface area contributed by atoms with E-state index in [-0.39, 0.29) is 28.7 Å². The fourth-order valence-corrected chi connectivity index (χ4v) is 9.80. The Morgan fingerprint density at radius 3 is 2.20 bits per heavy atom. The zero-order valence-corrected chi connectivity index (χ0v) is 35.5. The van der Waals surface area contributed by atoms with Crippen LogP contribution < -0.4 is 5.32 Å². The normalized spacial score (nSPS) is 34.5. The first kappa shape index (κ1) is 38.0. The number of Topliss-reactive ketones (excluding diaryl/α,β-unsaturated/α-hetero) is 1. The number of ketones is 1. The molecule has 3 N–H and O–H groups in total. The molecule has 332 valence electrons. The van der Waals surface area contributed by atoms with Crippen LogP contribution in [-0.4, -0.2) is 114 Å². The summed E-state index contributed by atoms with van der Waals surface area (Å²) in [5.41, 5.74) is -9.75. The van der Waals surface area contributed by atoms with Crippen molar-refractivity contribution in [3.05, 3.63) is 82.9 Å². The molecule has 1 aliphatic heterocycles. The number of amides is 1. The van der Waals surface area contributed by atoms with Gasteiger partial charge in [-0.25, -0.2) is 14.4 Å². The summed E-state index contributed by atoms with van der Waals surface area (Å²) in [5, 5.41) is 28.1. The van der Waals surface area contributed by atoms with E-state index in [1.165, 1.54) is 58.9 Å². The van der Waals surface area contributed by atoms with Gasteiger partial charge in [0.1, 0.15) is 35.6 Å². The summed E-state index contributed by atoms with van der Waals surface area (Å²) in [6, 6.07) is 14.0. The minimum atomic E-state index is -3.36. The predicted octanol–water partition coefficient (Wildman–Crippen LogP) is 4.96. The number of fused-ring (bicyclic) bond motifs is 5. The Morgan fingerprint density at radius 2 is 1.62 bits per heavy atom. The SMILES string of the molecule is [2H]C([2H])([2H])O[C@H]1C(=O)[C@]2(C)[C@@H](OC([2H])([2H])[2H])C[C@H]3OC[C@@]3(OC(=O)CC)[C@H]2[C@H](OC(=O)c2ccccc2)C2(O)C[C@H](OC(=O)[C@H](O)[C@@H](NC(=O)OC(C)(C)C)c3ccccc3)C(C)=C1C2(C)C. The van der Waals surface area contributed by atoms with Gasteiger partial charge in [0.15, 0.2) is 17.5 Å². The molecule has 15 heteroatoms. The van der Waals surface area contributed by atoms with Gasteiger partial charge in [-0.05, 0) is 63.5 Å². The summed E-state index contributed by atoms with van der Waals surface area (Å²) >= 11 is 0. The molecule has 15 nitrogen and oxygen atoms in total. The Hall–Kier alpha value is -4.67. The first-order valence-corrected chi connectivity index (χ1v) is 20.3. The molecule has 3 aliphatic carbocycles. The molecule has 1 saturated heterocycles. The number of hydrogen-bond donors (Lipinski definition) is 3. The lowest BCUT2D eigenvalue weighted by Gasteiger charge is -2.68. The molecule has 0 radical (unpaired) electrons. The van der Waals surface area contributed by atoms with Crippen molar-refractivity contribution in [1.82, 2.24) is 5.32 Å². The van der Waals surface area contributed by atoms with Gasteiger partial charge < -0.3 is 48.7 Å². The highest BCUT2D eigenvalue weighted by Crippen LogP contribution is 2.65. The van der Waals surface area contributed by atoms with E-state index in [1.54, 1.807) is 57.2 Å². The van der Waals surface area contributed by atoms with Gasteiger partial charge in [0.05, 0.1) is 43.9 Å². The fraction of sp³-hybridized carbons (Fsp3) is 0.587. The Morgan fingerprint density at radius 1 is 0.984 bits per heavy atom. The molecule has 3 fully saturated rings. The molecule has 2 bridgehead atoms. The minimum absolute atomic E-state index is 0.00884. The Bertz CT molecular complexity index is 2250. The lowest BCUT2D eigenvalue weighted by Crippen LogP contribution is -2.82. The van der Waals surface area contributed by atoms with Crippen LogP contribution >= 0.6 is 0 Å². The molecule has 0 spiro atoms. The van der Waals surface area contributed by atoms with Crippen molar-refractivity contribution in [2.45, 2.75) is 134 Å². The fourth-order valence-electron chi connectivity index (χ4n) is 9.80. The third kappa shape index (κ3) is 7.88. The standard InChI is InChI=1S/C46H59NO14/c1-11-31(48)60-45-24-57-30(45)22-29(55-9)44(8)36(45)38(59-39(51)27-20-16-13-17-21-27)46(54)23-28(25(2)32(43(46,6)7)35(56-10)37(44)50)58-40(52)34(49)33(26-18-14-12-15-19-26)47-41(53)61-42(3,4)5/h12-21,28-30,33-36,38,49,54H,11,22-24H2,1-10H3,(H,47,53)/t28-,29-,30+,33-,34+,35+,36-,38-,44+,45-,46?/m0/s1/i9D3,10D3. The van der Waals surface area contributed by atoms with Crippen LogP contribution in [0.5, 0.6) is 0 Å². The zero-order valence-electron chi connectivity index (χ0n) is 41.5. The third-order valence-corrected chi connectivity index (χ3v) is 13.0. The van der Waals surface area contributed by atoms with Crippen molar-refractivity contribution in [1.29, 1.82) is 0 Å². The summed E-state index contributed by atoms with van der Waals surface area (Å²) in [6.45, 7) is 11.5. The topological polar surface area (TPSA) is 202 Å². The highest BCUT2D eigenvalue weighted by atomic mass is 16.6. The van der Waals surface area contributed by atoms with Crippen LogP contribution in [0.2, 0.25) is 0 Å². The van der Waals surface area contributed by atoms with Crippen LogP contribution in [0.15, 0.2) is 71.8 Å². The van der Waals surface area contributed by atoms with E-state index in [9.17, 15) is 29.4 Å². The molecule has 2 aromatic rings. The van der Waals surface area contributed by atoms with Gasteiger partial charge in [0.2, 0.25) is 0 Å². The molecule has 2 saturated carbocycles. The molecule has 61 heavy (non-hydrogen) atoms. The third-order valence-electron chi connectivity index (χ3n) is 13.0. The second-order valence-electron chi connectivity index (χ2n) is 18.0. The minimum Gasteiger partial charge on any atom is -0.456 e. The number of aliphatic hydroxyl groups is 2. The number of rotatable bonds is 11. The molecule has 1 amide bonds. The van der Waals surface area contributed by atoms with Gasteiger partial charge >= 0.3 is 24.0 Å². The van der Waals surface area contributed by atoms with E-state index in [1.807, 2.05) is 0 Å². The number of carbonyl (C=O) groups is 5. The summed E-state index contributed by atoms with van der Waals surface area (Å²) in [7, 11) is -6.55. The van der Waals surface area contributed by atoms with E-state index in [0.29, 0.717) is 0 Å². The van der Waals surface area contributed by atoms with Crippen molar-refractivity contribution in [2.75, 3.05) is 20.7 Å². The van der Waals surface area contributed by atoms with Crippen LogP contribution in [-0.2, 0) is 47.5 Å². The van der Waals surface area contributed by atoms with Gasteiger partial charge in [-0.15, -0.1) is 0 Å². The average molecular weight is 856 g/mol. The second-order valence-corrected chi connectivity index (χ2v) is 18.0. The maximum absolute atomic E-state index is 16.0. The molecule has 11 atom stereocenters. The van der Waals surface area contributed by atoms with Crippen LogP contribution in [0, 0.1) is 16.7 Å². The van der Waals surface area contributed by atoms with Crippen molar-refractivity contribution < 1.29 is 75.6 Å². The largest absolute Gasteiger partial charge is 0.456 e. The Kier molecular flexibility index (Phi) is 10.5. The number of esters is 3. The van der Waals surface area contributed by atoms with Crippen molar-refractivity contribution >= 4 is 29.8 Å². The second kappa shape index (κ2) is 16.9. The van der Waals surface area contributed by atoms with Crippen molar-refractivity contribution in [3.63, 3.8) is 0 Å². The first-order chi connectivity index (χ1) is 30.9. The van der Waals surface area contributed by atoms with Crippen LogP contribution in [0.1, 0.15) is 105 Å². The molecular weight excluding hydrogens is 790 g/mol. The summed E-state index contributed by atoms with van der Waals surface area (Å²) in [4.78, 5) is 71.4. The zero-order chi connectivity index (χ0) is 49.9. The molecule has 4 aliphatic rings. The van der Waals surface area contributed by atoms with E-state index in [4.69, 9.17) is 41.4 Å². The number of methoxy groups -OCH3 is 2. The Labute approximate surface area is 364 Å². The molecule has 0 aromatic heterocycles. The van der Waals surface area contributed by atoms with E-state index in [0.717, 1.165) is 0 Å². The number of hydrogen-bond acceptors (Lipinski definition) is 14. The predicted molar refractivity (Wildman–Crippen MR) is 218 cm³/mol. The maximum atomic E-state index is 16.0. The molecule has 1 unspecified atom stereocenters. The lowest BCUT2D eigenvalue weighted by atomic mass is 9.44. The van der Waals surface area contributed by atoms with Gasteiger partial charge in [-0.3, -0.25) is 9.59 Å². The number of ether oxygens (including phenoxy) is 7. The van der Waals surface area contributed by atoms with Gasteiger partial charge in [0.25, 0.3) is 0 Å². The van der Waals surface area contributed by atoms with E-state index in [2.05, 4.69) is 5.32 Å². The molecule has 2 aromatic carbocycles. The Balaban J connectivity index is 1.60. The summed E-state index contributed by atoms with van der Waals surface area (Å²) in [6.07, 6.45) is -13.2. The summed E-state index contributed by atoms with van der Waals surface area (Å²) in [5.74, 6) is -6.08. The van der Waals surface area contributed by atoms with Gasteiger partial charge in [-0.2, -0.15) is 0 Å². The highest BCUT2D eigenvalue weighted by Gasteiger charge is 2.78. The van der Waals surface area contributed by atoms with Crippen molar-refractivity contribution in [2.24, 2.45) is 16.7 Å². The number of alkyl carbamates (subject to hydrolysis) is 1. The van der Waals surface area contributed by atoms with Crippen molar-refractivity contribution in [3.8, 4) is 0 Å². The van der Waals surface area contributed by atoms with Gasteiger partial charge in [0, 0.05) is 38.8 Å². The van der Waals surface area contributed by atoms with Crippen LogP contribution in [0.3, 0.4) is 0 Å². The average Bonchev–Trinajstić information content (AvgIpc) is 3.22. The van der Waals surface area contributed by atoms with Crippen LogP contribution in [0.4, 0.5) is 4.79 Å². The van der Waals surface area contributed by atoms with E-state index < -0.39 is 140 Å². The van der Waals surface area contributed by atoms with E-state index >= 15 is 4.79 Å². The smallest absolute Gasteiger partial charge is 0.408 e. The van der Waals surface area contributed by atoms with Crippen LogP contribution in [0.25, 0.3) is 0 Å². The number of benzene rings is 2. The highest BCUT2D eigenvalue weighted by molar-refractivity contribution is 5.94.